The van der Waals surface area contributed by atoms with Gasteiger partial charge in [-0.05, 0) is 55.0 Å². The molecule has 0 spiro atoms. The van der Waals surface area contributed by atoms with Gasteiger partial charge in [0.15, 0.2) is 17.3 Å². The van der Waals surface area contributed by atoms with E-state index in [1.165, 1.54) is 6.08 Å². The highest BCUT2D eigenvalue weighted by atomic mass is 35.5. The summed E-state index contributed by atoms with van der Waals surface area (Å²) in [4.78, 5) is 12.2. The number of methoxy groups -OCH3 is 2. The Morgan fingerprint density at radius 3 is 2.42 bits per heavy atom. The molecular formula is C19H19ClO4. The van der Waals surface area contributed by atoms with Gasteiger partial charge in [-0.1, -0.05) is 17.7 Å². The number of carbonyl (C=O) groups excluding carboxylic acids is 1. The molecule has 0 saturated carbocycles. The van der Waals surface area contributed by atoms with Gasteiger partial charge in [0.2, 0.25) is 0 Å². The fourth-order valence-electron chi connectivity index (χ4n) is 2.14. The minimum Gasteiger partial charge on any atom is -0.497 e. The molecule has 5 heteroatoms. The second-order valence-electron chi connectivity index (χ2n) is 4.89. The maximum atomic E-state index is 12.2. The van der Waals surface area contributed by atoms with Crippen LogP contribution in [0, 0.1) is 0 Å². The summed E-state index contributed by atoms with van der Waals surface area (Å²) in [5, 5.41) is 0.438. The van der Waals surface area contributed by atoms with Crippen LogP contribution in [0.4, 0.5) is 0 Å². The van der Waals surface area contributed by atoms with Crippen molar-refractivity contribution in [2.75, 3.05) is 20.8 Å². The van der Waals surface area contributed by atoms with Gasteiger partial charge < -0.3 is 14.2 Å². The van der Waals surface area contributed by atoms with Crippen molar-refractivity contribution in [2.24, 2.45) is 0 Å². The molecule has 0 radical (unpaired) electrons. The molecule has 0 aromatic heterocycles. The third-order valence-corrected chi connectivity index (χ3v) is 3.62. The van der Waals surface area contributed by atoms with E-state index in [2.05, 4.69) is 0 Å². The molecule has 0 aliphatic carbocycles. The van der Waals surface area contributed by atoms with Crippen molar-refractivity contribution in [2.45, 2.75) is 6.92 Å². The maximum Gasteiger partial charge on any atom is 0.185 e. The van der Waals surface area contributed by atoms with Crippen LogP contribution in [0.5, 0.6) is 17.2 Å². The first kappa shape index (κ1) is 17.9. The number of carbonyl (C=O) groups is 1. The van der Waals surface area contributed by atoms with Gasteiger partial charge in [-0.25, -0.2) is 0 Å². The zero-order valence-corrected chi connectivity index (χ0v) is 14.6. The third-order valence-electron chi connectivity index (χ3n) is 3.34. The highest BCUT2D eigenvalue weighted by molar-refractivity contribution is 6.32. The smallest absolute Gasteiger partial charge is 0.185 e. The molecule has 0 unspecified atom stereocenters. The Labute approximate surface area is 146 Å². The van der Waals surface area contributed by atoms with Crippen LogP contribution in [0.15, 0.2) is 42.5 Å². The Bertz CT molecular complexity index is 736. The van der Waals surface area contributed by atoms with E-state index in [0.29, 0.717) is 34.4 Å². The highest BCUT2D eigenvalue weighted by Gasteiger charge is 2.11. The quantitative estimate of drug-likeness (QED) is 0.540. The normalized spacial score (nSPS) is 10.7. The van der Waals surface area contributed by atoms with E-state index < -0.39 is 0 Å². The molecule has 2 aromatic rings. The molecule has 0 aliphatic heterocycles. The Hall–Kier alpha value is -2.46. The summed E-state index contributed by atoms with van der Waals surface area (Å²) in [7, 11) is 3.13. The number of halogens is 1. The standard InChI is InChI=1S/C19H19ClO4/c1-4-24-19-16(20)11-13(12-18(19)23-3)5-10-17(21)14-6-8-15(22-2)9-7-14/h5-12H,4H2,1-3H3. The number of ether oxygens (including phenoxy) is 3. The number of ketones is 1. The van der Waals surface area contributed by atoms with Crippen LogP contribution in [0.2, 0.25) is 5.02 Å². The van der Waals surface area contributed by atoms with Gasteiger partial charge in [-0.2, -0.15) is 0 Å². The molecule has 0 atom stereocenters. The summed E-state index contributed by atoms with van der Waals surface area (Å²) in [6.07, 6.45) is 3.18. The zero-order valence-electron chi connectivity index (χ0n) is 13.8. The molecule has 0 N–H and O–H groups in total. The van der Waals surface area contributed by atoms with Crippen LogP contribution in [-0.4, -0.2) is 26.6 Å². The van der Waals surface area contributed by atoms with Gasteiger partial charge in [0.05, 0.1) is 25.8 Å². The van der Waals surface area contributed by atoms with E-state index in [0.717, 1.165) is 5.56 Å². The predicted octanol–water partition coefficient (Wildman–Crippen LogP) is 4.65. The van der Waals surface area contributed by atoms with Crippen molar-refractivity contribution >= 4 is 23.5 Å². The second kappa shape index (κ2) is 8.41. The number of hydrogen-bond acceptors (Lipinski definition) is 4. The van der Waals surface area contributed by atoms with E-state index in [9.17, 15) is 4.79 Å². The minimum atomic E-state index is -0.110. The fourth-order valence-corrected chi connectivity index (χ4v) is 2.42. The first-order valence-electron chi connectivity index (χ1n) is 7.45. The topological polar surface area (TPSA) is 44.8 Å². The third kappa shape index (κ3) is 4.30. The monoisotopic (exact) mass is 346 g/mol. The molecule has 0 heterocycles. The molecular weight excluding hydrogens is 328 g/mol. The van der Waals surface area contributed by atoms with Gasteiger partial charge >= 0.3 is 0 Å². The van der Waals surface area contributed by atoms with Crippen LogP contribution in [0.1, 0.15) is 22.8 Å². The Morgan fingerprint density at radius 1 is 1.12 bits per heavy atom. The summed E-state index contributed by atoms with van der Waals surface area (Å²) in [6.45, 7) is 2.36. The molecule has 2 aromatic carbocycles. The van der Waals surface area contributed by atoms with Crippen molar-refractivity contribution in [3.8, 4) is 17.2 Å². The summed E-state index contributed by atoms with van der Waals surface area (Å²) in [6, 6.07) is 10.4. The van der Waals surface area contributed by atoms with E-state index in [1.54, 1.807) is 56.7 Å². The molecule has 4 nitrogen and oxygen atoms in total. The first-order chi connectivity index (χ1) is 11.6. The molecule has 24 heavy (non-hydrogen) atoms. The molecule has 0 saturated heterocycles. The molecule has 0 amide bonds. The lowest BCUT2D eigenvalue weighted by molar-refractivity contribution is 0.104. The van der Waals surface area contributed by atoms with E-state index in [-0.39, 0.29) is 5.78 Å². The van der Waals surface area contributed by atoms with Crippen LogP contribution < -0.4 is 14.2 Å². The Balaban J connectivity index is 2.21. The molecule has 0 fully saturated rings. The summed E-state index contributed by atoms with van der Waals surface area (Å²) in [5.74, 6) is 1.63. The zero-order chi connectivity index (χ0) is 17.5. The molecule has 2 rings (SSSR count). The lowest BCUT2D eigenvalue weighted by Gasteiger charge is -2.11. The van der Waals surface area contributed by atoms with Crippen LogP contribution in [0.25, 0.3) is 6.08 Å². The van der Waals surface area contributed by atoms with Gasteiger partial charge in [-0.15, -0.1) is 0 Å². The average Bonchev–Trinajstić information content (AvgIpc) is 2.61. The summed E-state index contributed by atoms with van der Waals surface area (Å²) in [5.41, 5.74) is 1.33. The number of benzene rings is 2. The van der Waals surface area contributed by atoms with Crippen LogP contribution in [-0.2, 0) is 0 Å². The Morgan fingerprint density at radius 2 is 1.83 bits per heavy atom. The molecule has 0 aliphatic rings. The van der Waals surface area contributed by atoms with Crippen LogP contribution >= 0.6 is 11.6 Å². The summed E-state index contributed by atoms with van der Waals surface area (Å²) >= 11 is 6.22. The number of rotatable bonds is 7. The maximum absolute atomic E-state index is 12.2. The minimum absolute atomic E-state index is 0.110. The van der Waals surface area contributed by atoms with Crippen molar-refractivity contribution in [3.05, 3.63) is 58.6 Å². The second-order valence-corrected chi connectivity index (χ2v) is 5.30. The van der Waals surface area contributed by atoms with Crippen molar-refractivity contribution in [1.82, 2.24) is 0 Å². The SMILES string of the molecule is CCOc1c(Cl)cc(C=CC(=O)c2ccc(OC)cc2)cc1OC. The van der Waals surface area contributed by atoms with E-state index in [4.69, 9.17) is 25.8 Å². The van der Waals surface area contributed by atoms with Gasteiger partial charge in [-0.3, -0.25) is 4.79 Å². The average molecular weight is 347 g/mol. The summed E-state index contributed by atoms with van der Waals surface area (Å²) < 4.78 is 15.8. The lowest BCUT2D eigenvalue weighted by atomic mass is 10.1. The lowest BCUT2D eigenvalue weighted by Crippen LogP contribution is -1.97. The van der Waals surface area contributed by atoms with Crippen molar-refractivity contribution in [1.29, 1.82) is 0 Å². The largest absolute Gasteiger partial charge is 0.497 e. The number of hydrogen-bond donors (Lipinski definition) is 0. The Kier molecular flexibility index (Phi) is 6.27. The van der Waals surface area contributed by atoms with E-state index in [1.807, 2.05) is 6.92 Å². The fraction of sp³-hybridized carbons (Fsp3) is 0.211. The van der Waals surface area contributed by atoms with E-state index >= 15 is 0 Å². The van der Waals surface area contributed by atoms with Crippen molar-refractivity contribution in [3.63, 3.8) is 0 Å². The highest BCUT2D eigenvalue weighted by Crippen LogP contribution is 2.36. The van der Waals surface area contributed by atoms with Crippen molar-refractivity contribution < 1.29 is 19.0 Å². The van der Waals surface area contributed by atoms with Crippen LogP contribution in [0.3, 0.4) is 0 Å². The number of allylic oxidation sites excluding steroid dienone is 1. The van der Waals surface area contributed by atoms with Gasteiger partial charge in [0.1, 0.15) is 5.75 Å². The van der Waals surface area contributed by atoms with Gasteiger partial charge in [0, 0.05) is 5.56 Å². The molecule has 126 valence electrons. The van der Waals surface area contributed by atoms with Gasteiger partial charge in [0.25, 0.3) is 0 Å². The molecule has 0 bridgehead atoms. The predicted molar refractivity (Wildman–Crippen MR) is 95.5 cm³/mol. The first-order valence-corrected chi connectivity index (χ1v) is 7.83.